The van der Waals surface area contributed by atoms with E-state index in [0.717, 1.165) is 24.3 Å². The van der Waals surface area contributed by atoms with Gasteiger partial charge in [-0.3, -0.25) is 4.79 Å². The fourth-order valence-corrected chi connectivity index (χ4v) is 2.86. The largest absolute Gasteiger partial charge is 0.384 e. The van der Waals surface area contributed by atoms with Crippen molar-refractivity contribution in [3.05, 3.63) is 35.4 Å². The van der Waals surface area contributed by atoms with Crippen molar-refractivity contribution in [2.75, 3.05) is 6.61 Å². The summed E-state index contributed by atoms with van der Waals surface area (Å²) < 4.78 is 0. The molecule has 0 bridgehead atoms. The molecule has 0 heterocycles. The van der Waals surface area contributed by atoms with Gasteiger partial charge < -0.3 is 10.4 Å². The van der Waals surface area contributed by atoms with E-state index in [4.69, 9.17) is 5.11 Å². The zero-order valence-electron chi connectivity index (χ0n) is 12.6. The highest BCUT2D eigenvalue weighted by molar-refractivity contribution is 5.94. The highest BCUT2D eigenvalue weighted by Gasteiger charge is 2.21. The van der Waals surface area contributed by atoms with Gasteiger partial charge in [0, 0.05) is 17.2 Å². The van der Waals surface area contributed by atoms with Crippen LogP contribution in [0.25, 0.3) is 0 Å². The third-order valence-electron chi connectivity index (χ3n) is 4.20. The van der Waals surface area contributed by atoms with Gasteiger partial charge in [-0.1, -0.05) is 31.3 Å². The Morgan fingerprint density at radius 1 is 1.33 bits per heavy atom. The van der Waals surface area contributed by atoms with Crippen LogP contribution < -0.4 is 5.32 Å². The van der Waals surface area contributed by atoms with Crippen molar-refractivity contribution < 1.29 is 9.90 Å². The number of carbonyl (C=O) groups is 1. The first-order valence-electron chi connectivity index (χ1n) is 7.73. The first kappa shape index (κ1) is 15.6. The molecule has 1 aliphatic rings. The van der Waals surface area contributed by atoms with Crippen molar-refractivity contribution in [2.45, 2.75) is 45.1 Å². The molecule has 0 atom stereocenters. The molecule has 21 heavy (non-hydrogen) atoms. The summed E-state index contributed by atoms with van der Waals surface area (Å²) in [5.41, 5.74) is 1.39. The van der Waals surface area contributed by atoms with Gasteiger partial charge in [0.1, 0.15) is 6.61 Å². The number of hydrogen-bond donors (Lipinski definition) is 2. The number of benzene rings is 1. The van der Waals surface area contributed by atoms with Crippen LogP contribution in [0.5, 0.6) is 0 Å². The lowest BCUT2D eigenvalue weighted by molar-refractivity contribution is 0.0921. The Hall–Kier alpha value is -1.79. The molecule has 1 saturated carbocycles. The molecule has 3 heteroatoms. The van der Waals surface area contributed by atoms with E-state index in [1.165, 1.54) is 19.3 Å². The molecule has 2 N–H and O–H groups in total. The molecule has 1 fully saturated rings. The minimum atomic E-state index is -0.170. The van der Waals surface area contributed by atoms with E-state index in [9.17, 15) is 4.79 Å². The summed E-state index contributed by atoms with van der Waals surface area (Å²) in [4.78, 5) is 12.3. The Kier molecular flexibility index (Phi) is 5.83. The van der Waals surface area contributed by atoms with E-state index in [-0.39, 0.29) is 12.5 Å². The zero-order chi connectivity index (χ0) is 15.1. The second kappa shape index (κ2) is 7.85. The van der Waals surface area contributed by atoms with Crippen molar-refractivity contribution in [1.82, 2.24) is 5.32 Å². The lowest BCUT2D eigenvalue weighted by Crippen LogP contribution is -2.37. The van der Waals surface area contributed by atoms with Crippen molar-refractivity contribution in [1.29, 1.82) is 0 Å². The van der Waals surface area contributed by atoms with Gasteiger partial charge in [0.25, 0.3) is 5.91 Å². The SMILES string of the molecule is CCC1CCC(NC(=O)c2cccc(C#CCO)c2)CC1. The first-order chi connectivity index (χ1) is 10.2. The fourth-order valence-electron chi connectivity index (χ4n) is 2.86. The van der Waals surface area contributed by atoms with Gasteiger partial charge in [-0.05, 0) is 49.8 Å². The molecule has 1 amide bonds. The van der Waals surface area contributed by atoms with Crippen molar-refractivity contribution in [2.24, 2.45) is 5.92 Å². The Bertz CT molecular complexity index is 534. The van der Waals surface area contributed by atoms with E-state index in [1.807, 2.05) is 12.1 Å². The quantitative estimate of drug-likeness (QED) is 0.839. The maximum Gasteiger partial charge on any atom is 0.251 e. The standard InChI is InChI=1S/C18H23NO2/c1-2-14-8-10-17(11-9-14)19-18(21)16-7-3-5-15(13-16)6-4-12-20/h3,5,7,13-14,17,20H,2,8-12H2,1H3,(H,19,21). The molecule has 0 saturated heterocycles. The topological polar surface area (TPSA) is 49.3 Å². The average molecular weight is 285 g/mol. The predicted molar refractivity (Wildman–Crippen MR) is 83.9 cm³/mol. The summed E-state index contributed by atoms with van der Waals surface area (Å²) in [6.07, 6.45) is 5.82. The highest BCUT2D eigenvalue weighted by Crippen LogP contribution is 2.26. The van der Waals surface area contributed by atoms with E-state index >= 15 is 0 Å². The number of amides is 1. The van der Waals surface area contributed by atoms with Crippen LogP contribution in [-0.4, -0.2) is 23.7 Å². The van der Waals surface area contributed by atoms with Crippen molar-refractivity contribution >= 4 is 5.91 Å². The second-order valence-corrected chi connectivity index (χ2v) is 5.64. The zero-order valence-corrected chi connectivity index (χ0v) is 12.6. The van der Waals surface area contributed by atoms with Crippen LogP contribution in [-0.2, 0) is 0 Å². The molecule has 0 spiro atoms. The summed E-state index contributed by atoms with van der Waals surface area (Å²) in [5.74, 6) is 6.23. The summed E-state index contributed by atoms with van der Waals surface area (Å²) in [7, 11) is 0. The smallest absolute Gasteiger partial charge is 0.251 e. The number of hydrogen-bond acceptors (Lipinski definition) is 2. The molecule has 1 aliphatic carbocycles. The predicted octanol–water partition coefficient (Wildman–Crippen LogP) is 2.73. The molecule has 0 aliphatic heterocycles. The number of carbonyl (C=O) groups excluding carboxylic acids is 1. The molecule has 0 radical (unpaired) electrons. The van der Waals surface area contributed by atoms with Gasteiger partial charge in [0.05, 0.1) is 0 Å². The van der Waals surface area contributed by atoms with Crippen LogP contribution in [0.3, 0.4) is 0 Å². The molecule has 3 nitrogen and oxygen atoms in total. The second-order valence-electron chi connectivity index (χ2n) is 5.64. The molecular formula is C18H23NO2. The average Bonchev–Trinajstić information content (AvgIpc) is 2.54. The number of aliphatic hydroxyl groups is 1. The number of rotatable bonds is 3. The highest BCUT2D eigenvalue weighted by atomic mass is 16.2. The Labute approximate surface area is 126 Å². The van der Waals surface area contributed by atoms with Gasteiger partial charge in [0.2, 0.25) is 0 Å². The van der Waals surface area contributed by atoms with Crippen molar-refractivity contribution in [3.63, 3.8) is 0 Å². The van der Waals surface area contributed by atoms with E-state index in [0.29, 0.717) is 11.6 Å². The molecule has 0 aromatic heterocycles. The van der Waals surface area contributed by atoms with Crippen LogP contribution in [0.4, 0.5) is 0 Å². The van der Waals surface area contributed by atoms with Crippen LogP contribution in [0.1, 0.15) is 54.9 Å². The van der Waals surface area contributed by atoms with Gasteiger partial charge in [-0.2, -0.15) is 0 Å². The minimum absolute atomic E-state index is 0.0254. The molecular weight excluding hydrogens is 262 g/mol. The summed E-state index contributed by atoms with van der Waals surface area (Å²) in [5, 5.41) is 11.8. The normalized spacial score (nSPS) is 21.2. The third kappa shape index (κ3) is 4.61. The molecule has 0 unspecified atom stereocenters. The fraction of sp³-hybridized carbons (Fsp3) is 0.500. The summed E-state index contributed by atoms with van der Waals surface area (Å²) in [6, 6.07) is 7.54. The minimum Gasteiger partial charge on any atom is -0.384 e. The van der Waals surface area contributed by atoms with E-state index < -0.39 is 0 Å². The number of nitrogens with one attached hydrogen (secondary N) is 1. The first-order valence-corrected chi connectivity index (χ1v) is 7.73. The van der Waals surface area contributed by atoms with Gasteiger partial charge >= 0.3 is 0 Å². The lowest BCUT2D eigenvalue weighted by Gasteiger charge is -2.28. The van der Waals surface area contributed by atoms with Gasteiger partial charge in [-0.25, -0.2) is 0 Å². The molecule has 1 aromatic carbocycles. The Balaban J connectivity index is 1.94. The maximum atomic E-state index is 12.3. The third-order valence-corrected chi connectivity index (χ3v) is 4.20. The molecule has 112 valence electrons. The van der Waals surface area contributed by atoms with E-state index in [1.54, 1.807) is 12.1 Å². The van der Waals surface area contributed by atoms with E-state index in [2.05, 4.69) is 24.1 Å². The van der Waals surface area contributed by atoms with Crippen LogP contribution in [0.2, 0.25) is 0 Å². The van der Waals surface area contributed by atoms with Crippen molar-refractivity contribution in [3.8, 4) is 11.8 Å². The molecule has 2 rings (SSSR count). The van der Waals surface area contributed by atoms with Gasteiger partial charge in [0.15, 0.2) is 0 Å². The maximum absolute atomic E-state index is 12.3. The summed E-state index contributed by atoms with van der Waals surface area (Å²) in [6.45, 7) is 2.07. The monoisotopic (exact) mass is 285 g/mol. The lowest BCUT2D eigenvalue weighted by atomic mass is 9.84. The Morgan fingerprint density at radius 2 is 2.10 bits per heavy atom. The van der Waals surface area contributed by atoms with Crippen LogP contribution in [0, 0.1) is 17.8 Å². The van der Waals surface area contributed by atoms with Crippen LogP contribution >= 0.6 is 0 Å². The van der Waals surface area contributed by atoms with Crippen LogP contribution in [0.15, 0.2) is 24.3 Å². The Morgan fingerprint density at radius 3 is 2.76 bits per heavy atom. The van der Waals surface area contributed by atoms with Gasteiger partial charge in [-0.15, -0.1) is 0 Å². The molecule has 1 aromatic rings. The number of aliphatic hydroxyl groups excluding tert-OH is 1. The summed E-state index contributed by atoms with van der Waals surface area (Å²) >= 11 is 0.